The molecule has 0 fully saturated rings. The average molecular weight is 647 g/mol. The minimum atomic E-state index is 0.290. The lowest BCUT2D eigenvalue weighted by molar-refractivity contribution is 0.327. The summed E-state index contributed by atoms with van der Waals surface area (Å²) in [7, 11) is 0. The number of pyridine rings is 2. The van der Waals surface area contributed by atoms with Crippen molar-refractivity contribution in [2.45, 2.75) is 39.5 Å². The van der Waals surface area contributed by atoms with Gasteiger partial charge in [0, 0.05) is 12.3 Å². The monoisotopic (exact) mass is 646 g/mol. The van der Waals surface area contributed by atoms with Gasteiger partial charge in [-0.15, -0.1) is 0 Å². The van der Waals surface area contributed by atoms with Gasteiger partial charge in [-0.3, -0.25) is 4.98 Å². The van der Waals surface area contributed by atoms with Crippen LogP contribution < -0.4 is 4.74 Å². The second-order valence-corrected chi connectivity index (χ2v) is 14.2. The van der Waals surface area contributed by atoms with Crippen molar-refractivity contribution in [3.63, 3.8) is 0 Å². The minimum absolute atomic E-state index is 0.290. The van der Waals surface area contributed by atoms with Crippen molar-refractivity contribution in [2.75, 3.05) is 0 Å². The van der Waals surface area contributed by atoms with Crippen molar-refractivity contribution in [1.82, 2.24) is 9.97 Å². The number of ether oxygens (including phenoxy) is 1. The van der Waals surface area contributed by atoms with Gasteiger partial charge < -0.3 is 4.74 Å². The van der Waals surface area contributed by atoms with E-state index in [2.05, 4.69) is 134 Å². The minimum Gasteiger partial charge on any atom is -0.439 e. The third-order valence-electron chi connectivity index (χ3n) is 10.7. The molecule has 2 aliphatic carbocycles. The topological polar surface area (TPSA) is 35.0 Å². The largest absolute Gasteiger partial charge is 0.439 e. The lowest BCUT2D eigenvalue weighted by Gasteiger charge is -2.22. The number of rotatable bonds is 6. The van der Waals surface area contributed by atoms with Crippen LogP contribution in [-0.4, -0.2) is 9.97 Å². The number of fused-ring (bicyclic) bond motifs is 2. The molecule has 5 aromatic carbocycles. The van der Waals surface area contributed by atoms with Crippen LogP contribution in [0.2, 0.25) is 0 Å². The summed E-state index contributed by atoms with van der Waals surface area (Å²) >= 11 is 0. The second kappa shape index (κ2) is 12.3. The van der Waals surface area contributed by atoms with E-state index < -0.39 is 0 Å². The van der Waals surface area contributed by atoms with E-state index in [4.69, 9.17) is 9.72 Å². The summed E-state index contributed by atoms with van der Waals surface area (Å²) in [5.74, 6) is 1.32. The van der Waals surface area contributed by atoms with E-state index in [0.717, 1.165) is 48.4 Å². The Hall–Kier alpha value is -5.80. The van der Waals surface area contributed by atoms with E-state index in [1.54, 1.807) is 0 Å². The van der Waals surface area contributed by atoms with E-state index in [0.29, 0.717) is 5.88 Å². The third-order valence-corrected chi connectivity index (χ3v) is 10.7. The molecule has 3 heteroatoms. The van der Waals surface area contributed by atoms with Gasteiger partial charge in [0.05, 0.1) is 11.4 Å². The summed E-state index contributed by atoms with van der Waals surface area (Å²) in [6, 6.07) is 49.6. The lowest BCUT2D eigenvalue weighted by atomic mass is 9.81. The zero-order chi connectivity index (χ0) is 33.7. The van der Waals surface area contributed by atoms with Crippen LogP contribution in [0.3, 0.4) is 0 Å². The van der Waals surface area contributed by atoms with Gasteiger partial charge in [-0.05, 0) is 142 Å². The summed E-state index contributed by atoms with van der Waals surface area (Å²) in [5.41, 5.74) is 17.5. The van der Waals surface area contributed by atoms with Crippen molar-refractivity contribution < 1.29 is 4.74 Å². The van der Waals surface area contributed by atoms with Crippen molar-refractivity contribution >= 4 is 0 Å². The first-order valence-corrected chi connectivity index (χ1v) is 17.6. The standard InChI is InChI=1S/C47H38N2O/c1-31-22-38(33-12-4-3-5-13-33)23-32(2)46(31)39-25-44(43-20-8-9-21-48-43)49-45(26-39)50-40-18-10-16-34(24-40)41-19-11-17-37-29-47(30-42(37)41)27-35-14-6-7-15-36(35)28-47/h3-26H,27-30H2,1-2H3. The first-order valence-electron chi connectivity index (χ1n) is 17.6. The Labute approximate surface area is 294 Å². The molecular formula is C47H38N2O. The van der Waals surface area contributed by atoms with Gasteiger partial charge in [0.2, 0.25) is 5.88 Å². The first kappa shape index (κ1) is 30.3. The van der Waals surface area contributed by atoms with Gasteiger partial charge in [0.25, 0.3) is 0 Å². The Balaban J connectivity index is 1.06. The number of nitrogens with zero attached hydrogens (tertiary/aromatic N) is 2. The molecule has 50 heavy (non-hydrogen) atoms. The van der Waals surface area contributed by atoms with Crippen molar-refractivity contribution in [1.29, 1.82) is 0 Å². The fourth-order valence-corrected chi connectivity index (χ4v) is 8.56. The molecule has 9 rings (SSSR count). The summed E-state index contributed by atoms with van der Waals surface area (Å²) < 4.78 is 6.65. The van der Waals surface area contributed by atoms with Crippen LogP contribution in [0, 0.1) is 19.3 Å². The highest BCUT2D eigenvalue weighted by atomic mass is 16.5. The molecule has 0 N–H and O–H groups in total. The number of benzene rings is 5. The summed E-state index contributed by atoms with van der Waals surface area (Å²) in [6.07, 6.45) is 6.38. The summed E-state index contributed by atoms with van der Waals surface area (Å²) in [4.78, 5) is 9.64. The van der Waals surface area contributed by atoms with Crippen LogP contribution in [-0.2, 0) is 25.7 Å². The Morgan fingerprint density at radius 1 is 0.520 bits per heavy atom. The van der Waals surface area contributed by atoms with Gasteiger partial charge in [-0.25, -0.2) is 4.98 Å². The smallest absolute Gasteiger partial charge is 0.220 e. The maximum absolute atomic E-state index is 6.65. The van der Waals surface area contributed by atoms with Crippen LogP contribution in [0.4, 0.5) is 0 Å². The summed E-state index contributed by atoms with van der Waals surface area (Å²) in [6.45, 7) is 4.37. The molecule has 2 aliphatic rings. The molecule has 1 spiro atoms. The van der Waals surface area contributed by atoms with Gasteiger partial charge in [-0.1, -0.05) is 103 Å². The highest BCUT2D eigenvalue weighted by Gasteiger charge is 2.42. The highest BCUT2D eigenvalue weighted by Crippen LogP contribution is 2.49. The SMILES string of the molecule is Cc1cc(-c2ccccc2)cc(C)c1-c1cc(Oc2cccc(-c3cccc4c3CC3(Cc5ccccc5C3)C4)c2)nc(-c2ccccn2)c1. The van der Waals surface area contributed by atoms with E-state index in [9.17, 15) is 0 Å². The molecule has 0 atom stereocenters. The average Bonchev–Trinajstić information content (AvgIpc) is 3.70. The van der Waals surface area contributed by atoms with Crippen molar-refractivity contribution in [3.05, 3.63) is 179 Å². The predicted octanol–water partition coefficient (Wildman–Crippen LogP) is 11.4. The van der Waals surface area contributed by atoms with E-state index in [-0.39, 0.29) is 5.41 Å². The molecule has 0 unspecified atom stereocenters. The van der Waals surface area contributed by atoms with E-state index in [1.807, 2.05) is 30.5 Å². The Bertz CT molecular complexity index is 2330. The number of hydrogen-bond acceptors (Lipinski definition) is 3. The van der Waals surface area contributed by atoms with Crippen LogP contribution in [0.25, 0.3) is 44.8 Å². The highest BCUT2D eigenvalue weighted by molar-refractivity contribution is 5.79. The second-order valence-electron chi connectivity index (χ2n) is 14.2. The molecule has 2 heterocycles. The molecule has 7 aromatic rings. The quantitative estimate of drug-likeness (QED) is 0.180. The lowest BCUT2D eigenvalue weighted by Crippen LogP contribution is -2.21. The maximum atomic E-state index is 6.65. The van der Waals surface area contributed by atoms with Crippen LogP contribution in [0.5, 0.6) is 11.6 Å². The predicted molar refractivity (Wildman–Crippen MR) is 203 cm³/mol. The molecule has 2 aromatic heterocycles. The zero-order valence-electron chi connectivity index (χ0n) is 28.5. The fraction of sp³-hybridized carbons (Fsp3) is 0.149. The fourth-order valence-electron chi connectivity index (χ4n) is 8.56. The van der Waals surface area contributed by atoms with Gasteiger partial charge >= 0.3 is 0 Å². The molecule has 3 nitrogen and oxygen atoms in total. The van der Waals surface area contributed by atoms with Crippen LogP contribution in [0.1, 0.15) is 33.4 Å². The molecular weight excluding hydrogens is 609 g/mol. The number of hydrogen-bond donors (Lipinski definition) is 0. The molecule has 0 aliphatic heterocycles. The molecule has 0 bridgehead atoms. The van der Waals surface area contributed by atoms with Crippen LogP contribution in [0.15, 0.2) is 146 Å². The third kappa shape index (κ3) is 5.59. The number of aryl methyl sites for hydroxylation is 2. The van der Waals surface area contributed by atoms with Gasteiger partial charge in [-0.2, -0.15) is 0 Å². The Morgan fingerprint density at radius 2 is 1.20 bits per heavy atom. The normalized spacial score (nSPS) is 14.0. The van der Waals surface area contributed by atoms with Gasteiger partial charge in [0.15, 0.2) is 0 Å². The van der Waals surface area contributed by atoms with E-state index >= 15 is 0 Å². The zero-order valence-corrected chi connectivity index (χ0v) is 28.5. The number of aromatic nitrogens is 2. The van der Waals surface area contributed by atoms with Crippen LogP contribution >= 0.6 is 0 Å². The maximum Gasteiger partial charge on any atom is 0.220 e. The molecule has 0 radical (unpaired) electrons. The van der Waals surface area contributed by atoms with Crippen molar-refractivity contribution in [2.24, 2.45) is 5.41 Å². The molecule has 0 saturated carbocycles. The molecule has 0 amide bonds. The van der Waals surface area contributed by atoms with E-state index in [1.165, 1.54) is 61.2 Å². The van der Waals surface area contributed by atoms with Crippen molar-refractivity contribution in [3.8, 4) is 56.4 Å². The van der Waals surface area contributed by atoms with Gasteiger partial charge in [0.1, 0.15) is 5.75 Å². The molecule has 0 saturated heterocycles. The Kier molecular flexibility index (Phi) is 7.43. The molecule has 242 valence electrons. The Morgan fingerprint density at radius 3 is 1.96 bits per heavy atom. The first-order chi connectivity index (χ1) is 24.5. The summed E-state index contributed by atoms with van der Waals surface area (Å²) in [5, 5.41) is 0.